The van der Waals surface area contributed by atoms with E-state index in [1.54, 1.807) is 0 Å². The first-order valence-electron chi connectivity index (χ1n) is 9.46. The molecule has 5 nitrogen and oxygen atoms in total. The SMILES string of the molecule is CC(CC1CCN(C(=O)OC(C)(C)C)CC1)NCC1(C)CCOC1. The maximum absolute atomic E-state index is 12.1. The molecule has 0 spiro atoms. The fraction of sp³-hybridized carbons (Fsp3) is 0.947. The lowest BCUT2D eigenvalue weighted by molar-refractivity contribution is 0.0178. The number of amides is 1. The number of carbonyl (C=O) groups excluding carboxylic acids is 1. The Balaban J connectivity index is 1.66. The van der Waals surface area contributed by atoms with Crippen LogP contribution in [0, 0.1) is 11.3 Å². The third kappa shape index (κ3) is 6.25. The molecule has 2 heterocycles. The van der Waals surface area contributed by atoms with Crippen LogP contribution in [-0.2, 0) is 9.47 Å². The minimum Gasteiger partial charge on any atom is -0.444 e. The lowest BCUT2D eigenvalue weighted by Crippen LogP contribution is -2.43. The van der Waals surface area contributed by atoms with E-state index in [1.165, 1.54) is 6.42 Å². The van der Waals surface area contributed by atoms with Crippen LogP contribution < -0.4 is 5.32 Å². The molecule has 0 radical (unpaired) electrons. The normalized spacial score (nSPS) is 27.3. The molecule has 2 unspecified atom stereocenters. The highest BCUT2D eigenvalue weighted by Gasteiger charge is 2.31. The van der Waals surface area contributed by atoms with E-state index in [1.807, 2.05) is 25.7 Å². The van der Waals surface area contributed by atoms with Crippen molar-refractivity contribution >= 4 is 6.09 Å². The topological polar surface area (TPSA) is 50.8 Å². The molecule has 0 aliphatic carbocycles. The average Bonchev–Trinajstić information content (AvgIpc) is 2.91. The smallest absolute Gasteiger partial charge is 0.410 e. The Morgan fingerprint density at radius 2 is 2.04 bits per heavy atom. The summed E-state index contributed by atoms with van der Waals surface area (Å²) in [7, 11) is 0. The second kappa shape index (κ2) is 8.05. The number of rotatable bonds is 5. The molecule has 1 amide bonds. The van der Waals surface area contributed by atoms with E-state index in [0.717, 1.165) is 52.1 Å². The quantitative estimate of drug-likeness (QED) is 0.833. The lowest BCUT2D eigenvalue weighted by Gasteiger charge is -2.34. The minimum absolute atomic E-state index is 0.165. The average molecular weight is 341 g/mol. The molecule has 2 saturated heterocycles. The van der Waals surface area contributed by atoms with Gasteiger partial charge in [0.1, 0.15) is 5.60 Å². The number of hydrogen-bond acceptors (Lipinski definition) is 4. The molecule has 2 atom stereocenters. The molecule has 0 aromatic rings. The minimum atomic E-state index is -0.410. The second-order valence-corrected chi connectivity index (χ2v) is 9.04. The third-order valence-electron chi connectivity index (χ3n) is 5.13. The maximum atomic E-state index is 12.1. The van der Waals surface area contributed by atoms with Crippen molar-refractivity contribution in [2.24, 2.45) is 11.3 Å². The van der Waals surface area contributed by atoms with Gasteiger partial charge in [0.2, 0.25) is 0 Å². The van der Waals surface area contributed by atoms with Gasteiger partial charge in [-0.2, -0.15) is 0 Å². The van der Waals surface area contributed by atoms with E-state index >= 15 is 0 Å². The molecule has 0 aromatic heterocycles. The summed E-state index contributed by atoms with van der Waals surface area (Å²) in [5.74, 6) is 0.693. The number of nitrogens with one attached hydrogen (secondary N) is 1. The molecule has 0 aromatic carbocycles. The Morgan fingerprint density at radius 1 is 1.38 bits per heavy atom. The Kier molecular flexibility index (Phi) is 6.54. The van der Waals surface area contributed by atoms with Gasteiger partial charge in [-0.15, -0.1) is 0 Å². The zero-order valence-electron chi connectivity index (χ0n) is 16.2. The van der Waals surface area contributed by atoms with Crippen molar-refractivity contribution in [1.82, 2.24) is 10.2 Å². The summed E-state index contributed by atoms with van der Waals surface area (Å²) in [5, 5.41) is 3.69. The van der Waals surface area contributed by atoms with E-state index in [-0.39, 0.29) is 6.09 Å². The summed E-state index contributed by atoms with van der Waals surface area (Å²) >= 11 is 0. The van der Waals surface area contributed by atoms with E-state index in [4.69, 9.17) is 9.47 Å². The van der Waals surface area contributed by atoms with Crippen LogP contribution in [0.25, 0.3) is 0 Å². The fourth-order valence-corrected chi connectivity index (χ4v) is 3.53. The van der Waals surface area contributed by atoms with Crippen molar-refractivity contribution in [3.05, 3.63) is 0 Å². The molecule has 0 bridgehead atoms. The van der Waals surface area contributed by atoms with Gasteiger partial charge in [0.05, 0.1) is 6.61 Å². The van der Waals surface area contributed by atoms with E-state index < -0.39 is 5.60 Å². The number of carbonyl (C=O) groups is 1. The molecule has 2 rings (SSSR count). The van der Waals surface area contributed by atoms with Crippen LogP contribution in [0.4, 0.5) is 4.79 Å². The molecular weight excluding hydrogens is 304 g/mol. The van der Waals surface area contributed by atoms with Gasteiger partial charge in [0.25, 0.3) is 0 Å². The van der Waals surface area contributed by atoms with Crippen LogP contribution in [0.1, 0.15) is 60.3 Å². The predicted molar refractivity (Wildman–Crippen MR) is 96.2 cm³/mol. The first-order valence-corrected chi connectivity index (χ1v) is 9.46. The zero-order valence-corrected chi connectivity index (χ0v) is 16.2. The number of hydrogen-bond donors (Lipinski definition) is 1. The van der Waals surface area contributed by atoms with Crippen molar-refractivity contribution < 1.29 is 14.3 Å². The Hall–Kier alpha value is -0.810. The summed E-state index contributed by atoms with van der Waals surface area (Å²) in [6, 6.07) is 0.514. The Labute approximate surface area is 147 Å². The first-order chi connectivity index (χ1) is 11.2. The summed E-state index contributed by atoms with van der Waals surface area (Å²) in [4.78, 5) is 14.0. The fourth-order valence-electron chi connectivity index (χ4n) is 3.53. The highest BCUT2D eigenvalue weighted by Crippen LogP contribution is 2.28. The van der Waals surface area contributed by atoms with Gasteiger partial charge in [-0.1, -0.05) is 6.92 Å². The number of likely N-dealkylation sites (tertiary alicyclic amines) is 1. The largest absolute Gasteiger partial charge is 0.444 e. The molecular formula is C19H36N2O3. The van der Waals surface area contributed by atoms with Gasteiger partial charge in [0.15, 0.2) is 0 Å². The summed E-state index contributed by atoms with van der Waals surface area (Å²) in [6.45, 7) is 14.8. The van der Waals surface area contributed by atoms with Crippen molar-refractivity contribution in [3.63, 3.8) is 0 Å². The molecule has 5 heteroatoms. The molecule has 1 N–H and O–H groups in total. The van der Waals surface area contributed by atoms with Crippen LogP contribution in [0.5, 0.6) is 0 Å². The van der Waals surface area contributed by atoms with Crippen molar-refractivity contribution in [2.45, 2.75) is 71.9 Å². The molecule has 24 heavy (non-hydrogen) atoms. The second-order valence-electron chi connectivity index (χ2n) is 9.04. The van der Waals surface area contributed by atoms with Crippen molar-refractivity contribution in [3.8, 4) is 0 Å². The maximum Gasteiger partial charge on any atom is 0.410 e. The highest BCUT2D eigenvalue weighted by atomic mass is 16.6. The summed E-state index contributed by atoms with van der Waals surface area (Å²) in [5.41, 5.74) is -0.110. The summed E-state index contributed by atoms with van der Waals surface area (Å²) in [6.07, 6.45) is 4.32. The Bertz CT molecular complexity index is 405. The highest BCUT2D eigenvalue weighted by molar-refractivity contribution is 5.68. The van der Waals surface area contributed by atoms with Crippen LogP contribution in [0.15, 0.2) is 0 Å². The lowest BCUT2D eigenvalue weighted by atomic mass is 9.88. The number of nitrogens with zero attached hydrogens (tertiary/aromatic N) is 1. The number of ether oxygens (including phenoxy) is 2. The van der Waals surface area contributed by atoms with E-state index in [9.17, 15) is 4.79 Å². The van der Waals surface area contributed by atoms with Gasteiger partial charge in [-0.05, 0) is 59.3 Å². The van der Waals surface area contributed by atoms with E-state index in [2.05, 4.69) is 19.2 Å². The van der Waals surface area contributed by atoms with Crippen LogP contribution in [0.2, 0.25) is 0 Å². The monoisotopic (exact) mass is 340 g/mol. The van der Waals surface area contributed by atoms with Gasteiger partial charge < -0.3 is 19.7 Å². The van der Waals surface area contributed by atoms with Gasteiger partial charge >= 0.3 is 6.09 Å². The molecule has 2 fully saturated rings. The van der Waals surface area contributed by atoms with Gasteiger partial charge in [-0.3, -0.25) is 0 Å². The number of piperidine rings is 1. The van der Waals surface area contributed by atoms with Crippen molar-refractivity contribution in [1.29, 1.82) is 0 Å². The van der Waals surface area contributed by atoms with Crippen LogP contribution >= 0.6 is 0 Å². The van der Waals surface area contributed by atoms with E-state index in [0.29, 0.717) is 17.4 Å². The molecule has 2 aliphatic heterocycles. The van der Waals surface area contributed by atoms with Crippen LogP contribution in [-0.4, -0.2) is 55.5 Å². The summed E-state index contributed by atoms with van der Waals surface area (Å²) < 4.78 is 11.0. The standard InChI is InChI=1S/C19H36N2O3/c1-15(20-13-19(5)8-11-23-14-19)12-16-6-9-21(10-7-16)17(22)24-18(2,3)4/h15-16,20H,6-14H2,1-5H3. The van der Waals surface area contributed by atoms with Gasteiger partial charge in [0, 0.05) is 37.7 Å². The Morgan fingerprint density at radius 3 is 2.58 bits per heavy atom. The van der Waals surface area contributed by atoms with Crippen molar-refractivity contribution in [2.75, 3.05) is 32.8 Å². The molecule has 0 saturated carbocycles. The predicted octanol–water partition coefficient (Wildman–Crippen LogP) is 3.43. The zero-order chi connectivity index (χ0) is 17.8. The third-order valence-corrected chi connectivity index (χ3v) is 5.13. The molecule has 140 valence electrons. The first kappa shape index (κ1) is 19.5. The van der Waals surface area contributed by atoms with Crippen LogP contribution in [0.3, 0.4) is 0 Å². The van der Waals surface area contributed by atoms with Gasteiger partial charge in [-0.25, -0.2) is 4.79 Å². The molecule has 2 aliphatic rings.